The predicted molar refractivity (Wildman–Crippen MR) is 110 cm³/mol. The second-order valence-corrected chi connectivity index (χ2v) is 8.37. The van der Waals surface area contributed by atoms with Crippen LogP contribution in [0.3, 0.4) is 0 Å². The Morgan fingerprint density at radius 3 is 2.55 bits per heavy atom. The molecule has 5 heteroatoms. The van der Waals surface area contributed by atoms with Gasteiger partial charge in [0.25, 0.3) is 0 Å². The maximum absolute atomic E-state index is 14.5. The van der Waals surface area contributed by atoms with Gasteiger partial charge in [0.15, 0.2) is 0 Å². The number of alkyl halides is 1. The Kier molecular flexibility index (Phi) is 7.62. The number of aliphatic carboxylic acids is 1. The van der Waals surface area contributed by atoms with Crippen molar-refractivity contribution in [3.8, 4) is 0 Å². The standard InChI is InChI=1S/C24H31FO4/c25-21-15-23(27)20(9-3-1-2-4-10-24(28)29)19(21)11-12-22(26)18-13-16-7-5-6-8-17(16)14-18/h1,3,5-8,11-12,18-23,26-27H,2,4,9-10,13-15H2,(H,28,29)/t19-,20-,21+,22-,23+/m1/s1. The van der Waals surface area contributed by atoms with Gasteiger partial charge >= 0.3 is 5.97 Å². The number of benzene rings is 1. The van der Waals surface area contributed by atoms with Gasteiger partial charge in [0.1, 0.15) is 6.17 Å². The van der Waals surface area contributed by atoms with Crippen molar-refractivity contribution in [3.63, 3.8) is 0 Å². The first-order chi connectivity index (χ1) is 14.0. The van der Waals surface area contributed by atoms with Gasteiger partial charge in [-0.25, -0.2) is 4.39 Å². The van der Waals surface area contributed by atoms with Gasteiger partial charge in [0.05, 0.1) is 12.2 Å². The number of unbranched alkanes of at least 4 members (excludes halogenated alkanes) is 1. The molecule has 1 aromatic carbocycles. The van der Waals surface area contributed by atoms with Crippen LogP contribution in [0.15, 0.2) is 48.6 Å². The number of fused-ring (bicyclic) bond motifs is 1. The van der Waals surface area contributed by atoms with Gasteiger partial charge in [-0.15, -0.1) is 0 Å². The van der Waals surface area contributed by atoms with Crippen molar-refractivity contribution >= 4 is 5.97 Å². The van der Waals surface area contributed by atoms with E-state index in [1.807, 2.05) is 24.3 Å². The molecule has 1 saturated carbocycles. The number of rotatable bonds is 9. The first-order valence-electron chi connectivity index (χ1n) is 10.6. The van der Waals surface area contributed by atoms with Crippen LogP contribution in [-0.2, 0) is 17.6 Å². The summed E-state index contributed by atoms with van der Waals surface area (Å²) in [4.78, 5) is 10.5. The Bertz CT molecular complexity index is 719. The van der Waals surface area contributed by atoms with Gasteiger partial charge in [0, 0.05) is 18.8 Å². The van der Waals surface area contributed by atoms with E-state index < -0.39 is 30.3 Å². The number of carboxylic acids is 1. The summed E-state index contributed by atoms with van der Waals surface area (Å²) in [6.45, 7) is 0. The van der Waals surface area contributed by atoms with Crippen LogP contribution in [0, 0.1) is 17.8 Å². The van der Waals surface area contributed by atoms with E-state index in [0.29, 0.717) is 19.3 Å². The Morgan fingerprint density at radius 1 is 1.21 bits per heavy atom. The molecule has 0 saturated heterocycles. The van der Waals surface area contributed by atoms with Crippen LogP contribution in [-0.4, -0.2) is 39.7 Å². The lowest BCUT2D eigenvalue weighted by Crippen LogP contribution is -2.21. The van der Waals surface area contributed by atoms with E-state index in [4.69, 9.17) is 5.11 Å². The smallest absolute Gasteiger partial charge is 0.303 e. The number of hydrogen-bond acceptors (Lipinski definition) is 3. The zero-order valence-electron chi connectivity index (χ0n) is 16.7. The normalized spacial score (nSPS) is 28.4. The summed E-state index contributed by atoms with van der Waals surface area (Å²) >= 11 is 0. The van der Waals surface area contributed by atoms with Gasteiger partial charge in [-0.2, -0.15) is 0 Å². The molecule has 0 unspecified atom stereocenters. The molecule has 29 heavy (non-hydrogen) atoms. The lowest BCUT2D eigenvalue weighted by molar-refractivity contribution is -0.137. The molecule has 0 aromatic heterocycles. The number of aliphatic hydroxyl groups excluding tert-OH is 2. The molecule has 158 valence electrons. The minimum atomic E-state index is -1.11. The summed E-state index contributed by atoms with van der Waals surface area (Å²) in [7, 11) is 0. The molecule has 5 atom stereocenters. The highest BCUT2D eigenvalue weighted by Gasteiger charge is 2.40. The number of allylic oxidation sites excluding steroid dienone is 3. The van der Waals surface area contributed by atoms with Gasteiger partial charge in [0.2, 0.25) is 0 Å². The Hall–Kier alpha value is -1.98. The van der Waals surface area contributed by atoms with Crippen molar-refractivity contribution in [2.24, 2.45) is 17.8 Å². The highest BCUT2D eigenvalue weighted by atomic mass is 19.1. The van der Waals surface area contributed by atoms with E-state index in [1.165, 1.54) is 11.1 Å². The second kappa shape index (κ2) is 10.2. The molecule has 0 heterocycles. The Morgan fingerprint density at radius 2 is 1.90 bits per heavy atom. The summed E-state index contributed by atoms with van der Waals surface area (Å²) in [5.41, 5.74) is 2.55. The third-order valence-electron chi connectivity index (χ3n) is 6.31. The summed E-state index contributed by atoms with van der Waals surface area (Å²) in [5, 5.41) is 29.5. The third-order valence-corrected chi connectivity index (χ3v) is 6.31. The highest BCUT2D eigenvalue weighted by molar-refractivity contribution is 5.66. The predicted octanol–water partition coefficient (Wildman–Crippen LogP) is 3.85. The lowest BCUT2D eigenvalue weighted by Gasteiger charge is -2.20. The average Bonchev–Trinajstić information content (AvgIpc) is 3.23. The molecule has 0 bridgehead atoms. The number of hydrogen-bond donors (Lipinski definition) is 3. The summed E-state index contributed by atoms with van der Waals surface area (Å²) in [5.74, 6) is -1.32. The lowest BCUT2D eigenvalue weighted by atomic mass is 9.89. The first-order valence-corrected chi connectivity index (χ1v) is 10.6. The summed E-state index contributed by atoms with van der Waals surface area (Å²) < 4.78 is 14.5. The van der Waals surface area contributed by atoms with Crippen LogP contribution < -0.4 is 0 Å². The molecule has 0 amide bonds. The molecule has 3 rings (SSSR count). The Balaban J connectivity index is 1.53. The third kappa shape index (κ3) is 5.77. The fourth-order valence-electron chi connectivity index (χ4n) is 4.64. The second-order valence-electron chi connectivity index (χ2n) is 8.37. The maximum Gasteiger partial charge on any atom is 0.303 e. The first kappa shape index (κ1) is 21.7. The van der Waals surface area contributed by atoms with E-state index in [2.05, 4.69) is 12.1 Å². The minimum absolute atomic E-state index is 0.112. The van der Waals surface area contributed by atoms with Crippen molar-refractivity contribution < 1.29 is 24.5 Å². The van der Waals surface area contributed by atoms with E-state index in [0.717, 1.165) is 12.8 Å². The van der Waals surface area contributed by atoms with Crippen LogP contribution in [0.4, 0.5) is 4.39 Å². The van der Waals surface area contributed by atoms with Crippen molar-refractivity contribution in [1.82, 2.24) is 0 Å². The molecule has 2 aliphatic carbocycles. The summed E-state index contributed by atoms with van der Waals surface area (Å²) in [6.07, 6.45) is 8.57. The monoisotopic (exact) mass is 402 g/mol. The van der Waals surface area contributed by atoms with Crippen molar-refractivity contribution in [3.05, 3.63) is 59.7 Å². The van der Waals surface area contributed by atoms with E-state index in [-0.39, 0.29) is 24.7 Å². The van der Waals surface area contributed by atoms with Crippen molar-refractivity contribution in [2.75, 3.05) is 0 Å². The van der Waals surface area contributed by atoms with E-state index >= 15 is 0 Å². The molecule has 2 aliphatic rings. The van der Waals surface area contributed by atoms with Gasteiger partial charge in [-0.3, -0.25) is 4.79 Å². The van der Waals surface area contributed by atoms with Gasteiger partial charge < -0.3 is 15.3 Å². The van der Waals surface area contributed by atoms with E-state index in [1.54, 1.807) is 12.2 Å². The number of halogens is 1. The van der Waals surface area contributed by atoms with Crippen LogP contribution in [0.1, 0.15) is 43.2 Å². The van der Waals surface area contributed by atoms with Crippen LogP contribution in [0.2, 0.25) is 0 Å². The quantitative estimate of drug-likeness (QED) is 0.433. The minimum Gasteiger partial charge on any atom is -0.481 e. The average molecular weight is 403 g/mol. The largest absolute Gasteiger partial charge is 0.481 e. The van der Waals surface area contributed by atoms with Gasteiger partial charge in [-0.05, 0) is 55.1 Å². The molecule has 1 fully saturated rings. The molecular weight excluding hydrogens is 371 g/mol. The number of aliphatic hydroxyl groups is 2. The van der Waals surface area contributed by atoms with E-state index in [9.17, 15) is 19.4 Å². The number of carbonyl (C=O) groups is 1. The zero-order chi connectivity index (χ0) is 20.8. The molecule has 0 spiro atoms. The van der Waals surface area contributed by atoms with Crippen molar-refractivity contribution in [1.29, 1.82) is 0 Å². The molecule has 1 aromatic rings. The van der Waals surface area contributed by atoms with Crippen molar-refractivity contribution in [2.45, 2.75) is 63.3 Å². The van der Waals surface area contributed by atoms with Crippen LogP contribution in [0.5, 0.6) is 0 Å². The summed E-state index contributed by atoms with van der Waals surface area (Å²) in [6, 6.07) is 8.21. The fraction of sp³-hybridized carbons (Fsp3) is 0.542. The topological polar surface area (TPSA) is 77.8 Å². The molecule has 3 N–H and O–H groups in total. The van der Waals surface area contributed by atoms with Crippen LogP contribution >= 0.6 is 0 Å². The van der Waals surface area contributed by atoms with Gasteiger partial charge in [-0.1, -0.05) is 48.6 Å². The highest BCUT2D eigenvalue weighted by Crippen LogP contribution is 2.38. The Labute approximate surface area is 171 Å². The number of carboxylic acid groups (broad SMARTS) is 1. The molecule has 0 radical (unpaired) electrons. The fourth-order valence-corrected chi connectivity index (χ4v) is 4.64. The SMILES string of the molecule is O=C(O)CCCC=CC[C@@H]1[C@@H](C=C[C@@H](O)C2Cc3ccccc3C2)[C@@H](F)C[C@@H]1O. The zero-order valence-corrected chi connectivity index (χ0v) is 16.7. The molecule has 0 aliphatic heterocycles. The molecular formula is C24H31FO4. The molecule has 4 nitrogen and oxygen atoms in total. The van der Waals surface area contributed by atoms with Crippen LogP contribution in [0.25, 0.3) is 0 Å². The maximum atomic E-state index is 14.5.